The maximum absolute atomic E-state index is 13.4. The van der Waals surface area contributed by atoms with Gasteiger partial charge in [-0.05, 0) is 100 Å². The highest BCUT2D eigenvalue weighted by atomic mass is 32.1. The quantitative estimate of drug-likeness (QED) is 0.0417. The van der Waals surface area contributed by atoms with E-state index in [1.165, 1.54) is 46.9 Å². The Hall–Kier alpha value is -6.17. The summed E-state index contributed by atoms with van der Waals surface area (Å²) in [4.78, 5) is 30.0. The third-order valence-corrected chi connectivity index (χ3v) is 10.8. The summed E-state index contributed by atoms with van der Waals surface area (Å²) >= 11 is 1.58. The second-order valence-electron chi connectivity index (χ2n) is 12.5. The molecule has 0 radical (unpaired) electrons. The van der Waals surface area contributed by atoms with Gasteiger partial charge in [0, 0.05) is 38.1 Å². The number of carbonyl (C=O) groups excluding carboxylic acids is 2. The SMILES string of the molecule is C=C/C=C(\C(C)=N)C(=O)/C(C=O)=C\c1cc2c(s1)-c1ccc(N(c3ccccc3)c3ccccc3)cc1C21c2ccccc2-c2ccccc21. The van der Waals surface area contributed by atoms with Crippen molar-refractivity contribution in [2.75, 3.05) is 4.90 Å². The van der Waals surface area contributed by atoms with Crippen LogP contribution in [0.15, 0.2) is 163 Å². The molecule has 1 spiro atoms. The van der Waals surface area contributed by atoms with Crippen LogP contribution in [-0.2, 0) is 15.0 Å². The van der Waals surface area contributed by atoms with Gasteiger partial charge in [0.2, 0.25) is 0 Å². The van der Waals surface area contributed by atoms with Crippen LogP contribution in [0, 0.1) is 5.41 Å². The van der Waals surface area contributed by atoms with Crippen LogP contribution >= 0.6 is 11.3 Å². The average Bonchev–Trinajstić information content (AvgIpc) is 3.78. The molecule has 0 atom stereocenters. The van der Waals surface area contributed by atoms with E-state index < -0.39 is 11.2 Å². The first-order valence-corrected chi connectivity index (χ1v) is 17.3. The first-order valence-electron chi connectivity index (χ1n) is 16.5. The van der Waals surface area contributed by atoms with Crippen LogP contribution in [0.4, 0.5) is 17.1 Å². The van der Waals surface area contributed by atoms with Crippen LogP contribution in [0.2, 0.25) is 0 Å². The summed E-state index contributed by atoms with van der Waals surface area (Å²) in [6.07, 6.45) is 5.21. The molecule has 6 aromatic rings. The highest BCUT2D eigenvalue weighted by Crippen LogP contribution is 2.65. The van der Waals surface area contributed by atoms with Crippen molar-refractivity contribution in [2.45, 2.75) is 12.3 Å². The van der Waals surface area contributed by atoms with Gasteiger partial charge in [-0.3, -0.25) is 9.59 Å². The van der Waals surface area contributed by atoms with E-state index in [1.807, 2.05) is 12.1 Å². The highest BCUT2D eigenvalue weighted by molar-refractivity contribution is 7.16. The zero-order chi connectivity index (χ0) is 34.4. The van der Waals surface area contributed by atoms with Gasteiger partial charge < -0.3 is 10.3 Å². The number of thiophene rings is 1. The van der Waals surface area contributed by atoms with Crippen molar-refractivity contribution in [3.63, 3.8) is 0 Å². The van der Waals surface area contributed by atoms with Gasteiger partial charge in [0.25, 0.3) is 0 Å². The van der Waals surface area contributed by atoms with E-state index >= 15 is 0 Å². The van der Waals surface area contributed by atoms with Crippen molar-refractivity contribution in [1.82, 2.24) is 0 Å². The fourth-order valence-corrected chi connectivity index (χ4v) is 8.86. The molecule has 0 amide bonds. The number of rotatable bonds is 9. The third kappa shape index (κ3) is 4.70. The van der Waals surface area contributed by atoms with E-state index in [4.69, 9.17) is 5.41 Å². The standard InChI is InChI=1S/C45H32N2O2S/c1-3-14-35(29(2)46)43(49)30(28-48)25-34-27-42-44(50-34)38-24-23-33(47(31-15-6-4-7-16-31)32-17-8-5-9-18-32)26-41(38)45(42)39-21-12-10-19-36(39)37-20-11-13-22-40(37)45/h3-28,46H,1H2,2H3/b30-25-,35-14+,46-29?. The number of para-hydroxylation sites is 2. The lowest BCUT2D eigenvalue weighted by Gasteiger charge is -2.32. The molecule has 5 heteroatoms. The summed E-state index contributed by atoms with van der Waals surface area (Å²) in [6.45, 7) is 5.22. The normalized spacial score (nSPS) is 13.6. The number of anilines is 3. The summed E-state index contributed by atoms with van der Waals surface area (Å²) in [5, 5.41) is 8.12. The van der Waals surface area contributed by atoms with Gasteiger partial charge in [0.1, 0.15) is 0 Å². The molecular formula is C45H32N2O2S. The topological polar surface area (TPSA) is 61.2 Å². The van der Waals surface area contributed by atoms with Crippen molar-refractivity contribution in [3.05, 3.63) is 190 Å². The van der Waals surface area contributed by atoms with Crippen molar-refractivity contribution in [2.24, 2.45) is 0 Å². The van der Waals surface area contributed by atoms with E-state index in [2.05, 4.69) is 133 Å². The largest absolute Gasteiger partial charge is 0.310 e. The Bertz CT molecular complexity index is 2330. The summed E-state index contributed by atoms with van der Waals surface area (Å²) in [5.74, 6) is -0.487. The molecular weight excluding hydrogens is 633 g/mol. The number of hydrogen-bond acceptors (Lipinski definition) is 5. The molecule has 5 aromatic carbocycles. The van der Waals surface area contributed by atoms with Crippen LogP contribution in [0.1, 0.15) is 34.1 Å². The van der Waals surface area contributed by atoms with Crippen LogP contribution < -0.4 is 4.90 Å². The minimum atomic E-state index is -0.611. The van der Waals surface area contributed by atoms with E-state index in [9.17, 15) is 9.59 Å². The van der Waals surface area contributed by atoms with Gasteiger partial charge in [-0.25, -0.2) is 0 Å². The highest BCUT2D eigenvalue weighted by Gasteiger charge is 2.52. The first-order chi connectivity index (χ1) is 24.5. The predicted molar refractivity (Wildman–Crippen MR) is 206 cm³/mol. The molecule has 0 fully saturated rings. The number of Topliss-reactive ketones (excluding diaryl/α,β-unsaturated/α-hetero) is 1. The Morgan fingerprint density at radius 2 is 1.28 bits per heavy atom. The number of nitrogens with one attached hydrogen (secondary N) is 1. The molecule has 1 heterocycles. The molecule has 0 aliphatic heterocycles. The second-order valence-corrected chi connectivity index (χ2v) is 13.5. The Kier molecular flexibility index (Phi) is 7.70. The Morgan fingerprint density at radius 3 is 1.84 bits per heavy atom. The minimum absolute atomic E-state index is 0.00262. The van der Waals surface area contributed by atoms with Gasteiger partial charge in [-0.2, -0.15) is 0 Å². The zero-order valence-corrected chi connectivity index (χ0v) is 28.2. The molecule has 1 aromatic heterocycles. The van der Waals surface area contributed by atoms with Crippen LogP contribution in [0.25, 0.3) is 27.6 Å². The second kappa shape index (κ2) is 12.4. The van der Waals surface area contributed by atoms with E-state index in [0.29, 0.717) is 6.29 Å². The minimum Gasteiger partial charge on any atom is -0.310 e. The lowest BCUT2D eigenvalue weighted by atomic mass is 9.71. The molecule has 0 saturated carbocycles. The fraction of sp³-hybridized carbons (Fsp3) is 0.0444. The lowest BCUT2D eigenvalue weighted by molar-refractivity contribution is -0.114. The maximum Gasteiger partial charge on any atom is 0.198 e. The van der Waals surface area contributed by atoms with Gasteiger partial charge in [-0.15, -0.1) is 11.3 Å². The number of hydrogen-bond donors (Lipinski definition) is 1. The summed E-state index contributed by atoms with van der Waals surface area (Å²) < 4.78 is 0. The number of ketones is 1. The molecule has 2 aliphatic rings. The van der Waals surface area contributed by atoms with Gasteiger partial charge in [0.15, 0.2) is 12.1 Å². The zero-order valence-electron chi connectivity index (χ0n) is 27.4. The number of allylic oxidation sites excluding steroid dienone is 4. The number of nitrogens with zero attached hydrogens (tertiary/aromatic N) is 1. The smallest absolute Gasteiger partial charge is 0.198 e. The van der Waals surface area contributed by atoms with Gasteiger partial charge >= 0.3 is 0 Å². The number of fused-ring (bicyclic) bond motifs is 10. The Labute approximate surface area is 295 Å². The van der Waals surface area contributed by atoms with Gasteiger partial charge in [-0.1, -0.05) is 104 Å². The summed E-state index contributed by atoms with van der Waals surface area (Å²) in [5.41, 5.74) is 11.1. The van der Waals surface area contributed by atoms with Crippen molar-refractivity contribution < 1.29 is 9.59 Å². The van der Waals surface area contributed by atoms with Crippen molar-refractivity contribution in [1.29, 1.82) is 5.41 Å². The van der Waals surface area contributed by atoms with Crippen LogP contribution in [0.3, 0.4) is 0 Å². The van der Waals surface area contributed by atoms with Crippen molar-refractivity contribution in [3.8, 4) is 21.6 Å². The molecule has 1 N–H and O–H groups in total. The predicted octanol–water partition coefficient (Wildman–Crippen LogP) is 10.9. The van der Waals surface area contributed by atoms with Gasteiger partial charge in [0.05, 0.1) is 11.0 Å². The third-order valence-electron chi connectivity index (χ3n) is 9.67. The lowest BCUT2D eigenvalue weighted by Crippen LogP contribution is -2.26. The number of carbonyl (C=O) groups is 2. The van der Waals surface area contributed by atoms with Crippen LogP contribution in [-0.4, -0.2) is 17.8 Å². The first kappa shape index (κ1) is 31.1. The maximum atomic E-state index is 13.4. The Morgan fingerprint density at radius 1 is 0.700 bits per heavy atom. The molecule has 50 heavy (non-hydrogen) atoms. The molecule has 4 nitrogen and oxygen atoms in total. The number of benzene rings is 5. The molecule has 8 rings (SSSR count). The summed E-state index contributed by atoms with van der Waals surface area (Å²) in [7, 11) is 0. The molecule has 240 valence electrons. The van der Waals surface area contributed by atoms with E-state index in [1.54, 1.807) is 17.4 Å². The Balaban J connectivity index is 1.38. The van der Waals surface area contributed by atoms with Crippen LogP contribution in [0.5, 0.6) is 0 Å². The molecule has 0 bridgehead atoms. The molecule has 2 aliphatic carbocycles. The number of aldehydes is 1. The van der Waals surface area contributed by atoms with E-state index in [-0.39, 0.29) is 16.9 Å². The average molecular weight is 665 g/mol. The summed E-state index contributed by atoms with van der Waals surface area (Å²) in [6, 6.07) is 47.0. The molecule has 0 saturated heterocycles. The monoisotopic (exact) mass is 664 g/mol. The fourth-order valence-electron chi connectivity index (χ4n) is 7.65. The van der Waals surface area contributed by atoms with E-state index in [0.717, 1.165) is 37.9 Å². The van der Waals surface area contributed by atoms with Crippen molar-refractivity contribution >= 4 is 52.3 Å². The molecule has 0 unspecified atom stereocenters.